The van der Waals surface area contributed by atoms with E-state index in [0.717, 1.165) is 0 Å². The first-order valence-electron chi connectivity index (χ1n) is 5.55. The second-order valence-electron chi connectivity index (χ2n) is 4.13. The molecule has 0 saturated heterocycles. The minimum absolute atomic E-state index is 0.0601. The van der Waals surface area contributed by atoms with Crippen LogP contribution in [0, 0.1) is 0 Å². The van der Waals surface area contributed by atoms with E-state index in [1.807, 2.05) is 0 Å². The summed E-state index contributed by atoms with van der Waals surface area (Å²) in [6.45, 7) is 3.15. The van der Waals surface area contributed by atoms with E-state index < -0.39 is 15.1 Å². The Morgan fingerprint density at radius 2 is 1.89 bits per heavy atom. The van der Waals surface area contributed by atoms with Gasteiger partial charge in [0.1, 0.15) is 16.4 Å². The van der Waals surface area contributed by atoms with Crippen molar-refractivity contribution >= 4 is 15.7 Å². The first-order valence-corrected chi connectivity index (χ1v) is 7.10. The fourth-order valence-electron chi connectivity index (χ4n) is 1.40. The lowest BCUT2D eigenvalue weighted by molar-refractivity contribution is 0.587. The topological polar surface area (TPSA) is 112 Å². The summed E-state index contributed by atoms with van der Waals surface area (Å²) < 4.78 is 24.0. The van der Waals surface area contributed by atoms with Gasteiger partial charge in [0.25, 0.3) is 0 Å². The summed E-state index contributed by atoms with van der Waals surface area (Å²) in [5.41, 5.74) is 6.14. The summed E-state index contributed by atoms with van der Waals surface area (Å²) in [5, 5.41) is -0.583. The first-order chi connectivity index (χ1) is 8.93. The van der Waals surface area contributed by atoms with Crippen LogP contribution in [0.4, 0.5) is 5.82 Å². The number of sulfone groups is 1. The third-order valence-corrected chi connectivity index (χ3v) is 4.67. The molecule has 0 atom stereocenters. The van der Waals surface area contributed by atoms with Gasteiger partial charge in [0.2, 0.25) is 0 Å². The van der Waals surface area contributed by atoms with Gasteiger partial charge in [0.05, 0.1) is 17.6 Å². The number of aromatic nitrogens is 4. The Morgan fingerprint density at radius 1 is 1.16 bits per heavy atom. The molecule has 0 aromatic carbocycles. The van der Waals surface area contributed by atoms with Crippen LogP contribution in [0.15, 0.2) is 29.7 Å². The van der Waals surface area contributed by atoms with Crippen molar-refractivity contribution in [2.24, 2.45) is 0 Å². The first kappa shape index (κ1) is 13.3. The highest BCUT2D eigenvalue weighted by atomic mass is 32.2. The van der Waals surface area contributed by atoms with E-state index >= 15 is 0 Å². The van der Waals surface area contributed by atoms with Gasteiger partial charge in [0, 0.05) is 12.4 Å². The summed E-state index contributed by atoms with van der Waals surface area (Å²) in [6, 6.07) is 0. The fourth-order valence-corrected chi connectivity index (χ4v) is 2.44. The summed E-state index contributed by atoms with van der Waals surface area (Å²) >= 11 is 0. The van der Waals surface area contributed by atoms with Crippen molar-refractivity contribution in [2.75, 3.05) is 5.73 Å². The van der Waals surface area contributed by atoms with Crippen LogP contribution in [-0.4, -0.2) is 33.6 Å². The second-order valence-corrected chi connectivity index (χ2v) is 6.60. The molecular weight excluding hydrogens is 266 g/mol. The molecule has 19 heavy (non-hydrogen) atoms. The summed E-state index contributed by atoms with van der Waals surface area (Å²) in [6.07, 6.45) is 5.70. The van der Waals surface area contributed by atoms with Crippen LogP contribution in [0.1, 0.15) is 13.8 Å². The molecule has 8 heteroatoms. The molecule has 7 nitrogen and oxygen atoms in total. The molecule has 0 amide bonds. The predicted molar refractivity (Wildman–Crippen MR) is 69.8 cm³/mol. The van der Waals surface area contributed by atoms with Gasteiger partial charge in [-0.1, -0.05) is 0 Å². The van der Waals surface area contributed by atoms with E-state index in [4.69, 9.17) is 5.73 Å². The van der Waals surface area contributed by atoms with Crippen LogP contribution in [0.3, 0.4) is 0 Å². The molecule has 0 saturated carbocycles. The van der Waals surface area contributed by atoms with Crippen molar-refractivity contribution in [3.05, 3.63) is 24.8 Å². The molecule has 0 radical (unpaired) electrons. The van der Waals surface area contributed by atoms with E-state index in [9.17, 15) is 8.42 Å². The molecule has 0 spiro atoms. The standard InChI is InChI=1S/C11H13N5O2S/c1-7(2)19(17,18)9-6-15-11(16-10(9)12)8-5-13-3-4-14-8/h3-7H,1-2H3,(H2,12,15,16). The van der Waals surface area contributed by atoms with Crippen LogP contribution in [-0.2, 0) is 9.84 Å². The number of nitrogens with zero attached hydrogens (tertiary/aromatic N) is 4. The third kappa shape index (κ3) is 2.53. The van der Waals surface area contributed by atoms with Crippen molar-refractivity contribution < 1.29 is 8.42 Å². The number of nitrogen functional groups attached to an aromatic ring is 1. The SMILES string of the molecule is CC(C)S(=O)(=O)c1cnc(-c2cnccn2)nc1N. The molecular formula is C11H13N5O2S. The molecule has 0 unspecified atom stereocenters. The number of rotatable bonds is 3. The fraction of sp³-hybridized carbons (Fsp3) is 0.273. The zero-order valence-corrected chi connectivity index (χ0v) is 11.3. The van der Waals surface area contributed by atoms with Gasteiger partial charge in [0.15, 0.2) is 15.7 Å². The highest BCUT2D eigenvalue weighted by Crippen LogP contribution is 2.22. The lowest BCUT2D eigenvalue weighted by atomic mass is 10.4. The summed E-state index contributed by atoms with van der Waals surface area (Å²) in [5.74, 6) is 0.164. The van der Waals surface area contributed by atoms with E-state index in [-0.39, 0.29) is 16.5 Å². The van der Waals surface area contributed by atoms with Crippen molar-refractivity contribution in [2.45, 2.75) is 24.0 Å². The van der Waals surface area contributed by atoms with Crippen LogP contribution in [0.2, 0.25) is 0 Å². The maximum absolute atomic E-state index is 12.0. The smallest absolute Gasteiger partial charge is 0.185 e. The Hall–Kier alpha value is -2.09. The van der Waals surface area contributed by atoms with Crippen LogP contribution >= 0.6 is 0 Å². The second kappa shape index (κ2) is 4.88. The monoisotopic (exact) mass is 279 g/mol. The largest absolute Gasteiger partial charge is 0.382 e. The highest BCUT2D eigenvalue weighted by Gasteiger charge is 2.23. The molecule has 2 rings (SSSR count). The van der Waals surface area contributed by atoms with Gasteiger partial charge >= 0.3 is 0 Å². The van der Waals surface area contributed by atoms with Gasteiger partial charge in [-0.3, -0.25) is 4.98 Å². The van der Waals surface area contributed by atoms with Crippen molar-refractivity contribution in [3.63, 3.8) is 0 Å². The van der Waals surface area contributed by atoms with Crippen LogP contribution in [0.25, 0.3) is 11.5 Å². The minimum Gasteiger partial charge on any atom is -0.382 e. The Morgan fingerprint density at radius 3 is 2.42 bits per heavy atom. The van der Waals surface area contributed by atoms with E-state index in [0.29, 0.717) is 5.69 Å². The molecule has 0 aliphatic rings. The summed E-state index contributed by atoms with van der Waals surface area (Å²) in [7, 11) is -3.49. The quantitative estimate of drug-likeness (QED) is 0.879. The maximum atomic E-state index is 12.0. The Balaban J connectivity index is 2.50. The Kier molecular flexibility index (Phi) is 3.43. The predicted octanol–water partition coefficient (Wildman–Crippen LogP) is 0.698. The van der Waals surface area contributed by atoms with Crippen molar-refractivity contribution in [1.82, 2.24) is 19.9 Å². The molecule has 0 bridgehead atoms. The van der Waals surface area contributed by atoms with Gasteiger partial charge in [-0.25, -0.2) is 23.4 Å². The Labute approximate surface area is 110 Å². The lowest BCUT2D eigenvalue weighted by Gasteiger charge is -2.09. The minimum atomic E-state index is -3.49. The lowest BCUT2D eigenvalue weighted by Crippen LogP contribution is -2.17. The van der Waals surface area contributed by atoms with Gasteiger partial charge < -0.3 is 5.73 Å². The number of hydrogen-bond donors (Lipinski definition) is 1. The van der Waals surface area contributed by atoms with Gasteiger partial charge in [-0.2, -0.15) is 0 Å². The number of anilines is 1. The molecule has 2 aromatic rings. The highest BCUT2D eigenvalue weighted by molar-refractivity contribution is 7.92. The molecule has 2 aromatic heterocycles. The van der Waals surface area contributed by atoms with Crippen molar-refractivity contribution in [3.8, 4) is 11.5 Å². The zero-order valence-electron chi connectivity index (χ0n) is 10.5. The molecule has 0 aliphatic heterocycles. The third-order valence-electron chi connectivity index (χ3n) is 2.50. The summed E-state index contributed by atoms with van der Waals surface area (Å²) in [4.78, 5) is 15.8. The normalized spacial score (nSPS) is 11.7. The maximum Gasteiger partial charge on any atom is 0.185 e. The van der Waals surface area contributed by atoms with E-state index in [1.165, 1.54) is 24.8 Å². The Bertz CT molecular complexity index is 685. The average molecular weight is 279 g/mol. The van der Waals surface area contributed by atoms with Crippen LogP contribution in [0.5, 0.6) is 0 Å². The number of hydrogen-bond acceptors (Lipinski definition) is 7. The molecule has 2 N–H and O–H groups in total. The van der Waals surface area contributed by atoms with E-state index in [1.54, 1.807) is 13.8 Å². The van der Waals surface area contributed by atoms with E-state index in [2.05, 4.69) is 19.9 Å². The van der Waals surface area contributed by atoms with Gasteiger partial charge in [-0.05, 0) is 13.8 Å². The molecule has 100 valence electrons. The zero-order chi connectivity index (χ0) is 14.0. The molecule has 2 heterocycles. The van der Waals surface area contributed by atoms with Crippen LogP contribution < -0.4 is 5.73 Å². The number of nitrogens with two attached hydrogens (primary N) is 1. The molecule has 0 aliphatic carbocycles. The van der Waals surface area contributed by atoms with Gasteiger partial charge in [-0.15, -0.1) is 0 Å². The van der Waals surface area contributed by atoms with Crippen molar-refractivity contribution in [1.29, 1.82) is 0 Å². The average Bonchev–Trinajstić information content (AvgIpc) is 2.39. The molecule has 0 fully saturated rings.